The molecular formula is C69H70N8O7. The van der Waals surface area contributed by atoms with Crippen molar-refractivity contribution in [3.8, 4) is 40.2 Å². The molecule has 0 spiro atoms. The molecule has 6 aromatic carbocycles. The Morgan fingerprint density at radius 3 is 1.14 bits per heavy atom. The highest BCUT2D eigenvalue weighted by molar-refractivity contribution is 6.11. The summed E-state index contributed by atoms with van der Waals surface area (Å²) in [5.41, 5.74) is 20.7. The number of aromatic nitrogens is 4. The molecule has 0 saturated heterocycles. The zero-order chi connectivity index (χ0) is 57.4. The van der Waals surface area contributed by atoms with E-state index in [1.165, 1.54) is 49.4 Å². The number of aliphatic imine (C=N–C) groups is 4. The monoisotopic (exact) mass is 1120 g/mol. The number of methoxy groups -OCH3 is 5. The van der Waals surface area contributed by atoms with Crippen LogP contribution in [0, 0.1) is 0 Å². The van der Waals surface area contributed by atoms with Crippen LogP contribution in [-0.4, -0.2) is 116 Å². The third-order valence-electron chi connectivity index (χ3n) is 17.4. The first-order valence-corrected chi connectivity index (χ1v) is 29.2. The van der Waals surface area contributed by atoms with Crippen LogP contribution in [0.3, 0.4) is 0 Å². The molecule has 4 aromatic heterocycles. The minimum absolute atomic E-state index is 0.0519. The van der Waals surface area contributed by atoms with Gasteiger partial charge in [-0.25, -0.2) is 0 Å². The molecule has 8 heterocycles. The molecule has 4 aliphatic rings. The molecule has 84 heavy (non-hydrogen) atoms. The lowest BCUT2D eigenvalue weighted by atomic mass is 9.84. The predicted molar refractivity (Wildman–Crippen MR) is 336 cm³/mol. The van der Waals surface area contributed by atoms with Crippen molar-refractivity contribution in [2.75, 3.05) is 68.3 Å². The third kappa shape index (κ3) is 10.2. The Morgan fingerprint density at radius 1 is 0.417 bits per heavy atom. The highest BCUT2D eigenvalue weighted by Gasteiger charge is 2.31. The van der Waals surface area contributed by atoms with Gasteiger partial charge in [-0.1, -0.05) is 24.3 Å². The van der Waals surface area contributed by atoms with Crippen LogP contribution < -0.4 is 28.4 Å². The Hall–Kier alpha value is -9.24. The van der Waals surface area contributed by atoms with Gasteiger partial charge in [-0.05, 0) is 170 Å². The first kappa shape index (κ1) is 54.0. The molecule has 428 valence electrons. The van der Waals surface area contributed by atoms with E-state index in [0.717, 1.165) is 180 Å². The fourth-order valence-electron chi connectivity index (χ4n) is 13.3. The number of aromatic amines is 4. The van der Waals surface area contributed by atoms with Crippen LogP contribution in [0.2, 0.25) is 0 Å². The van der Waals surface area contributed by atoms with Crippen LogP contribution in [0.15, 0.2) is 135 Å². The van der Waals surface area contributed by atoms with Crippen LogP contribution in [0.25, 0.3) is 43.6 Å². The average Bonchev–Trinajstić information content (AvgIpc) is 3.44. The van der Waals surface area contributed by atoms with E-state index < -0.39 is 0 Å². The number of phenols is 1. The minimum Gasteiger partial charge on any atom is -0.504 e. The van der Waals surface area contributed by atoms with E-state index in [1.807, 2.05) is 49.4 Å². The Balaban J connectivity index is 0.000000157. The average molecular weight is 1120 g/mol. The number of para-hydroxylation sites is 1. The molecule has 0 atom stereocenters. The van der Waals surface area contributed by atoms with Crippen molar-refractivity contribution < 1.29 is 33.5 Å². The first-order valence-electron chi connectivity index (χ1n) is 29.2. The summed E-state index contributed by atoms with van der Waals surface area (Å²) < 4.78 is 33.6. The van der Waals surface area contributed by atoms with Gasteiger partial charge < -0.3 is 53.5 Å². The van der Waals surface area contributed by atoms with E-state index in [2.05, 4.69) is 86.7 Å². The van der Waals surface area contributed by atoms with Gasteiger partial charge in [-0.15, -0.1) is 0 Å². The van der Waals surface area contributed by atoms with Crippen LogP contribution in [-0.2, 0) is 25.7 Å². The van der Waals surface area contributed by atoms with Crippen LogP contribution >= 0.6 is 0 Å². The van der Waals surface area contributed by atoms with Crippen molar-refractivity contribution in [1.82, 2.24) is 19.9 Å². The van der Waals surface area contributed by atoms with Crippen molar-refractivity contribution in [2.45, 2.75) is 70.1 Å². The number of H-pyrrole nitrogens is 4. The summed E-state index contributed by atoms with van der Waals surface area (Å²) in [6, 6.07) is 39.0. The van der Waals surface area contributed by atoms with Crippen LogP contribution in [0.4, 0.5) is 0 Å². The second kappa shape index (κ2) is 23.2. The van der Waals surface area contributed by atoms with Crippen molar-refractivity contribution >= 4 is 66.5 Å². The van der Waals surface area contributed by atoms with Gasteiger partial charge in [0.2, 0.25) is 0 Å². The summed E-state index contributed by atoms with van der Waals surface area (Å²) in [6.07, 6.45) is 6.65. The molecule has 5 N–H and O–H groups in total. The number of hydrogen-bond donors (Lipinski definition) is 5. The summed E-state index contributed by atoms with van der Waals surface area (Å²) in [5.74, 6) is 5.08. The number of rotatable bonds is 17. The van der Waals surface area contributed by atoms with E-state index in [1.54, 1.807) is 41.6 Å². The Kier molecular flexibility index (Phi) is 14.9. The number of ether oxygens (including phenoxy) is 6. The molecule has 15 nitrogen and oxygen atoms in total. The summed E-state index contributed by atoms with van der Waals surface area (Å²) >= 11 is 0. The van der Waals surface area contributed by atoms with E-state index in [9.17, 15) is 5.11 Å². The Morgan fingerprint density at radius 2 is 0.786 bits per heavy atom. The summed E-state index contributed by atoms with van der Waals surface area (Å²) in [5, 5.41) is 15.4. The van der Waals surface area contributed by atoms with Crippen molar-refractivity contribution in [2.24, 2.45) is 20.0 Å². The molecular weight excluding hydrogens is 1050 g/mol. The third-order valence-corrected chi connectivity index (χ3v) is 17.4. The quantitative estimate of drug-likeness (QED) is 0.0600. The number of nitrogens with zero attached hydrogens (tertiary/aromatic N) is 4. The maximum absolute atomic E-state index is 10.5. The van der Waals surface area contributed by atoms with E-state index in [0.29, 0.717) is 12.4 Å². The zero-order valence-corrected chi connectivity index (χ0v) is 48.5. The Bertz CT molecular complexity index is 4050. The predicted octanol–water partition coefficient (Wildman–Crippen LogP) is 13.4. The SMILES string of the molecule is CCOc1cc(C(CC2=NCCc3c2[nH]c2cc(OC)ccc32)CC2=NCCc3c2[nH]c2cc(OC)ccc32)ccc1O.COc1ccc2c3c([nH]c2c1)C(CC(CC1=NCCc2c1[nH]c1cc(OC)ccc21)c1ccccc1OC)=NCC3. The normalized spacial score (nSPS) is 14.5. The molecule has 4 aliphatic heterocycles. The molecule has 15 heteroatoms. The van der Waals surface area contributed by atoms with Gasteiger partial charge in [-0.2, -0.15) is 0 Å². The number of hydrogen-bond acceptors (Lipinski definition) is 11. The van der Waals surface area contributed by atoms with Gasteiger partial charge in [0.1, 0.15) is 28.7 Å². The van der Waals surface area contributed by atoms with Crippen LogP contribution in [0.5, 0.6) is 40.2 Å². The molecule has 0 bridgehead atoms. The maximum Gasteiger partial charge on any atom is 0.161 e. The van der Waals surface area contributed by atoms with Crippen molar-refractivity contribution in [3.63, 3.8) is 0 Å². The molecule has 0 radical (unpaired) electrons. The highest BCUT2D eigenvalue weighted by atomic mass is 16.5. The van der Waals surface area contributed by atoms with E-state index in [4.69, 9.17) is 48.4 Å². The molecule has 14 rings (SSSR count). The van der Waals surface area contributed by atoms with Gasteiger partial charge in [0.25, 0.3) is 0 Å². The number of aromatic hydroxyl groups is 1. The number of fused-ring (bicyclic) bond motifs is 12. The van der Waals surface area contributed by atoms with Gasteiger partial charge >= 0.3 is 0 Å². The molecule has 0 unspecified atom stereocenters. The maximum atomic E-state index is 10.5. The molecule has 0 aliphatic carbocycles. The smallest absolute Gasteiger partial charge is 0.161 e. The van der Waals surface area contributed by atoms with Gasteiger partial charge in [0.15, 0.2) is 11.5 Å². The van der Waals surface area contributed by atoms with Crippen LogP contribution in [0.1, 0.15) is 101 Å². The molecule has 0 saturated carbocycles. The first-order chi connectivity index (χ1) is 41.2. The lowest BCUT2D eigenvalue weighted by Crippen LogP contribution is -2.20. The summed E-state index contributed by atoms with van der Waals surface area (Å²) in [7, 11) is 8.55. The van der Waals surface area contributed by atoms with Gasteiger partial charge in [0, 0.05) is 94.1 Å². The molecule has 0 amide bonds. The largest absolute Gasteiger partial charge is 0.504 e. The van der Waals surface area contributed by atoms with Crippen molar-refractivity contribution in [1.29, 1.82) is 0 Å². The number of nitrogens with one attached hydrogen (secondary N) is 4. The fraction of sp³-hybridized carbons (Fsp3) is 0.304. The summed E-state index contributed by atoms with van der Waals surface area (Å²) in [4.78, 5) is 34.9. The van der Waals surface area contributed by atoms with Crippen molar-refractivity contribution in [3.05, 3.63) is 171 Å². The lowest BCUT2D eigenvalue weighted by Gasteiger charge is -2.24. The Labute approximate surface area is 487 Å². The molecule has 0 fully saturated rings. The highest BCUT2D eigenvalue weighted by Crippen LogP contribution is 2.41. The fourth-order valence-corrected chi connectivity index (χ4v) is 13.3. The van der Waals surface area contributed by atoms with Gasteiger partial charge in [0.05, 0.1) is 87.8 Å². The molecule has 10 aromatic rings. The van der Waals surface area contributed by atoms with E-state index in [-0.39, 0.29) is 17.6 Å². The van der Waals surface area contributed by atoms with Gasteiger partial charge in [-0.3, -0.25) is 20.0 Å². The number of benzene rings is 6. The number of phenolic OH excluding ortho intramolecular Hbond substituents is 1. The summed E-state index contributed by atoms with van der Waals surface area (Å²) in [6.45, 7) is 5.48. The lowest BCUT2D eigenvalue weighted by molar-refractivity contribution is 0.317. The topological polar surface area (TPSA) is 188 Å². The zero-order valence-electron chi connectivity index (χ0n) is 48.5. The van der Waals surface area contributed by atoms with E-state index >= 15 is 0 Å². The second-order valence-corrected chi connectivity index (χ2v) is 22.0. The minimum atomic E-state index is 0.0519. The second-order valence-electron chi connectivity index (χ2n) is 22.0. The standard InChI is InChI=1S/C35H36N4O4.C34H34N4O3/c1-4-43-33-17-20(5-10-32(33)40)21(15-30-34-26(11-13-36-30)24-8-6-22(41-2)18-28(24)38-34)16-31-35-27(12-14-37-31)25-9-7-23(42-3)19-29(25)39-35;1-39-21-8-10-24-26-12-14-35-30(33(26)37-28(24)18-21)16-20(23-6-4-5-7-32(23)41-3)17-31-34-27(13-15-36-31)25-11-9-22(40-2)19-29(25)38-34/h5-10,17-19,21,38-40H,4,11-16H2,1-3H3;4-11,18-20,37-38H,12-17H2,1-3H3.